The molecule has 160 valence electrons. The van der Waals surface area contributed by atoms with Crippen LogP contribution in [0.3, 0.4) is 0 Å². The number of benzene rings is 1. The standard InChI is InChI=1S/C20H28NO7P/c1-6-25-18(22)20(19(23)26-7-2,21-17-12-10-16(5)11-13-17)14-15-29(24,27-8-3)28-9-4/h10-13,21H,6-9H2,1-5H3. The van der Waals surface area contributed by atoms with Gasteiger partial charge < -0.3 is 14.8 Å². The second-order valence-electron chi connectivity index (χ2n) is 5.75. The Balaban J connectivity index is 3.57. The second-order valence-corrected chi connectivity index (χ2v) is 7.49. The van der Waals surface area contributed by atoms with Gasteiger partial charge in [-0.25, -0.2) is 14.2 Å². The number of ether oxygens (including phenoxy) is 2. The van der Waals surface area contributed by atoms with E-state index in [0.717, 1.165) is 5.56 Å². The highest BCUT2D eigenvalue weighted by molar-refractivity contribution is 7.59. The smallest absolute Gasteiger partial charge is 0.405 e. The highest BCUT2D eigenvalue weighted by Crippen LogP contribution is 2.47. The fraction of sp³-hybridized carbons (Fsp3) is 0.500. The molecule has 1 aromatic carbocycles. The zero-order valence-electron chi connectivity index (χ0n) is 17.4. The van der Waals surface area contributed by atoms with Crippen LogP contribution in [0.2, 0.25) is 0 Å². The third kappa shape index (κ3) is 6.90. The molecule has 9 heteroatoms. The number of esters is 2. The minimum atomic E-state index is -3.86. The minimum Gasteiger partial charge on any atom is -0.463 e. The zero-order valence-corrected chi connectivity index (χ0v) is 18.3. The molecule has 0 atom stereocenters. The van der Waals surface area contributed by atoms with Crippen LogP contribution in [0.5, 0.6) is 0 Å². The topological polar surface area (TPSA) is 100 Å². The van der Waals surface area contributed by atoms with Gasteiger partial charge in [-0.15, -0.1) is 0 Å². The van der Waals surface area contributed by atoms with Crippen LogP contribution < -0.4 is 5.32 Å². The lowest BCUT2D eigenvalue weighted by atomic mass is 10.00. The molecular formula is C20H28NO7P. The van der Waals surface area contributed by atoms with Gasteiger partial charge in [-0.1, -0.05) is 17.7 Å². The Labute approximate surface area is 171 Å². The normalized spacial score (nSPS) is 11.2. The molecule has 1 aromatic rings. The first kappa shape index (κ1) is 24.7. The molecule has 29 heavy (non-hydrogen) atoms. The van der Waals surface area contributed by atoms with E-state index in [1.807, 2.05) is 6.92 Å². The van der Waals surface area contributed by atoms with E-state index in [1.165, 1.54) is 0 Å². The summed E-state index contributed by atoms with van der Waals surface area (Å²) < 4.78 is 33.2. The number of hydrogen-bond acceptors (Lipinski definition) is 8. The first-order valence-corrected chi connectivity index (χ1v) is 10.9. The zero-order chi connectivity index (χ0) is 21.9. The average Bonchev–Trinajstić information content (AvgIpc) is 2.67. The van der Waals surface area contributed by atoms with Crippen molar-refractivity contribution in [2.75, 3.05) is 31.7 Å². The monoisotopic (exact) mass is 425 g/mol. The van der Waals surface area contributed by atoms with Crippen molar-refractivity contribution in [3.8, 4) is 11.6 Å². The Bertz CT molecular complexity index is 767. The molecule has 0 amide bonds. The Morgan fingerprint density at radius 2 is 1.41 bits per heavy atom. The maximum Gasteiger partial charge on any atom is 0.405 e. The highest BCUT2D eigenvalue weighted by Gasteiger charge is 2.49. The number of aryl methyl sites for hydroxylation is 1. The molecule has 0 aliphatic carbocycles. The van der Waals surface area contributed by atoms with Gasteiger partial charge in [0.15, 0.2) is 0 Å². The highest BCUT2D eigenvalue weighted by atomic mass is 31.2. The molecule has 0 aliphatic heterocycles. The fourth-order valence-electron chi connectivity index (χ4n) is 2.24. The van der Waals surface area contributed by atoms with Crippen LogP contribution in [0, 0.1) is 18.5 Å². The van der Waals surface area contributed by atoms with Crippen molar-refractivity contribution >= 4 is 25.2 Å². The summed E-state index contributed by atoms with van der Waals surface area (Å²) >= 11 is 0. The van der Waals surface area contributed by atoms with Crippen LogP contribution in [0.25, 0.3) is 0 Å². The van der Waals surface area contributed by atoms with E-state index < -0.39 is 25.1 Å². The summed E-state index contributed by atoms with van der Waals surface area (Å²) in [6.45, 7) is 8.50. The largest absolute Gasteiger partial charge is 0.463 e. The predicted octanol–water partition coefficient (Wildman–Crippen LogP) is 3.50. The van der Waals surface area contributed by atoms with E-state index >= 15 is 0 Å². The van der Waals surface area contributed by atoms with Crippen LogP contribution in [-0.4, -0.2) is 43.9 Å². The van der Waals surface area contributed by atoms with E-state index in [0.29, 0.717) is 5.69 Å². The molecule has 0 radical (unpaired) electrons. The van der Waals surface area contributed by atoms with Crippen LogP contribution in [0.1, 0.15) is 33.3 Å². The van der Waals surface area contributed by atoms with Crippen LogP contribution in [-0.2, 0) is 32.7 Å². The van der Waals surface area contributed by atoms with Crippen molar-refractivity contribution in [1.29, 1.82) is 0 Å². The maximum absolute atomic E-state index is 12.8. The summed E-state index contributed by atoms with van der Waals surface area (Å²) in [6, 6.07) is 6.94. The van der Waals surface area contributed by atoms with E-state index in [4.69, 9.17) is 18.5 Å². The molecule has 0 fully saturated rings. The van der Waals surface area contributed by atoms with Gasteiger partial charge in [0.05, 0.1) is 26.4 Å². The molecule has 0 aromatic heterocycles. The Morgan fingerprint density at radius 3 is 1.83 bits per heavy atom. The fourth-order valence-corrected chi connectivity index (χ4v) is 3.43. The number of anilines is 1. The van der Waals surface area contributed by atoms with Crippen molar-refractivity contribution < 1.29 is 32.7 Å². The van der Waals surface area contributed by atoms with Crippen LogP contribution in [0.15, 0.2) is 24.3 Å². The Kier molecular flexibility index (Phi) is 9.90. The van der Waals surface area contributed by atoms with Crippen molar-refractivity contribution in [2.24, 2.45) is 0 Å². The third-order valence-electron chi connectivity index (χ3n) is 3.53. The Morgan fingerprint density at radius 1 is 0.931 bits per heavy atom. The summed E-state index contributed by atoms with van der Waals surface area (Å²) in [5, 5.41) is 2.79. The van der Waals surface area contributed by atoms with Gasteiger partial charge >= 0.3 is 19.5 Å². The van der Waals surface area contributed by atoms with Crippen molar-refractivity contribution in [1.82, 2.24) is 0 Å². The Hall–Kier alpha value is -2.33. The van der Waals surface area contributed by atoms with Gasteiger partial charge in [-0.2, -0.15) is 0 Å². The summed E-state index contributed by atoms with van der Waals surface area (Å²) in [7, 11) is -3.86. The molecule has 0 unspecified atom stereocenters. The van der Waals surface area contributed by atoms with Gasteiger partial charge in [-0.05, 0) is 52.7 Å². The van der Waals surface area contributed by atoms with Gasteiger partial charge in [0.1, 0.15) is 0 Å². The van der Waals surface area contributed by atoms with Crippen LogP contribution in [0.4, 0.5) is 5.69 Å². The minimum absolute atomic E-state index is 0.00578. The van der Waals surface area contributed by atoms with E-state index in [-0.39, 0.29) is 26.4 Å². The molecule has 0 saturated heterocycles. The molecule has 0 spiro atoms. The number of rotatable bonds is 10. The lowest BCUT2D eigenvalue weighted by molar-refractivity contribution is -0.159. The maximum atomic E-state index is 12.8. The first-order chi connectivity index (χ1) is 13.8. The van der Waals surface area contributed by atoms with Gasteiger partial charge in [0, 0.05) is 11.3 Å². The van der Waals surface area contributed by atoms with Gasteiger partial charge in [0.2, 0.25) is 0 Å². The van der Waals surface area contributed by atoms with E-state index in [1.54, 1.807) is 52.0 Å². The SMILES string of the molecule is CCOC(=O)C(C#CP(=O)(OCC)OCC)(Nc1ccc(C)cc1)C(=O)OCC. The number of hydrogen-bond donors (Lipinski definition) is 1. The summed E-state index contributed by atoms with van der Waals surface area (Å²) in [5.41, 5.74) is 1.51. The lowest BCUT2D eigenvalue weighted by Crippen LogP contribution is -2.54. The molecule has 0 aliphatic rings. The molecule has 1 N–H and O–H groups in total. The van der Waals surface area contributed by atoms with E-state index in [9.17, 15) is 14.2 Å². The van der Waals surface area contributed by atoms with E-state index in [2.05, 4.69) is 16.9 Å². The molecule has 0 heterocycles. The lowest BCUT2D eigenvalue weighted by Gasteiger charge is -2.26. The third-order valence-corrected chi connectivity index (χ3v) is 5.11. The average molecular weight is 425 g/mol. The summed E-state index contributed by atoms with van der Waals surface area (Å²) in [6.07, 6.45) is 0. The summed E-state index contributed by atoms with van der Waals surface area (Å²) in [5.74, 6) is 0.491. The second kappa shape index (κ2) is 11.6. The molecule has 0 saturated carbocycles. The molecule has 1 rings (SSSR count). The van der Waals surface area contributed by atoms with Crippen molar-refractivity contribution in [2.45, 2.75) is 40.2 Å². The number of nitrogens with one attached hydrogen (secondary N) is 1. The molecule has 0 bridgehead atoms. The summed E-state index contributed by atoms with van der Waals surface area (Å²) in [4.78, 5) is 25.7. The molecule has 8 nitrogen and oxygen atoms in total. The van der Waals surface area contributed by atoms with Crippen LogP contribution >= 0.6 is 7.60 Å². The van der Waals surface area contributed by atoms with Gasteiger partial charge in [-0.3, -0.25) is 9.05 Å². The van der Waals surface area contributed by atoms with Gasteiger partial charge in [0.25, 0.3) is 5.54 Å². The molecular weight excluding hydrogens is 397 g/mol. The number of carbonyl (C=O) groups excluding carboxylic acids is 2. The quantitative estimate of drug-likeness (QED) is 0.263. The first-order valence-electron chi connectivity index (χ1n) is 9.39. The van der Waals surface area contributed by atoms with Crippen molar-refractivity contribution in [3.63, 3.8) is 0 Å². The number of carbonyl (C=O) groups is 2. The van der Waals surface area contributed by atoms with Crippen molar-refractivity contribution in [3.05, 3.63) is 29.8 Å². The predicted molar refractivity (Wildman–Crippen MR) is 109 cm³/mol.